The lowest BCUT2D eigenvalue weighted by Gasteiger charge is -2.32. The second-order valence-electron chi connectivity index (χ2n) is 8.70. The van der Waals surface area contributed by atoms with E-state index in [-0.39, 0.29) is 12.2 Å². The standard InChI is InChI=1S/C26H32N2O8/c1-17(2)15-35-22-6-5-18(11-23(22)33-3)20(13-24(31)34-4)26-25(32)21(30)12-19(36-26)14-27-7-9-28(16-29)10-8-27/h5-6,11-12,16,20,32H,1,7-10,13-15H2,2-4H3/t20-/m1/s1. The molecule has 0 aliphatic carbocycles. The van der Waals surface area contributed by atoms with Gasteiger partial charge in [0, 0.05) is 32.2 Å². The van der Waals surface area contributed by atoms with E-state index in [0.717, 1.165) is 12.0 Å². The summed E-state index contributed by atoms with van der Waals surface area (Å²) in [4.78, 5) is 39.7. The van der Waals surface area contributed by atoms with Gasteiger partial charge in [-0.3, -0.25) is 19.3 Å². The van der Waals surface area contributed by atoms with Gasteiger partial charge in [-0.15, -0.1) is 0 Å². The maximum absolute atomic E-state index is 12.7. The lowest BCUT2D eigenvalue weighted by atomic mass is 9.91. The van der Waals surface area contributed by atoms with E-state index in [1.807, 2.05) is 11.8 Å². The van der Waals surface area contributed by atoms with Crippen LogP contribution in [0.15, 0.2) is 45.6 Å². The summed E-state index contributed by atoms with van der Waals surface area (Å²) in [7, 11) is 2.75. The molecule has 0 unspecified atom stereocenters. The van der Waals surface area contributed by atoms with Gasteiger partial charge in [-0.25, -0.2) is 0 Å². The highest BCUT2D eigenvalue weighted by Crippen LogP contribution is 2.38. The third-order valence-corrected chi connectivity index (χ3v) is 5.91. The molecule has 0 bridgehead atoms. The molecule has 3 rings (SSSR count). The molecule has 10 heteroatoms. The molecule has 36 heavy (non-hydrogen) atoms. The summed E-state index contributed by atoms with van der Waals surface area (Å²) in [5.74, 6) is -0.729. The van der Waals surface area contributed by atoms with Gasteiger partial charge in [0.2, 0.25) is 17.6 Å². The number of rotatable bonds is 11. The van der Waals surface area contributed by atoms with Crippen molar-refractivity contribution in [2.75, 3.05) is 47.0 Å². The lowest BCUT2D eigenvalue weighted by molar-refractivity contribution is -0.141. The van der Waals surface area contributed by atoms with Crippen LogP contribution in [-0.2, 0) is 20.9 Å². The number of nitrogens with zero attached hydrogens (tertiary/aromatic N) is 2. The first-order valence-corrected chi connectivity index (χ1v) is 11.5. The fourth-order valence-electron chi connectivity index (χ4n) is 3.95. The Morgan fingerprint density at radius 2 is 1.92 bits per heavy atom. The van der Waals surface area contributed by atoms with Gasteiger partial charge in [-0.1, -0.05) is 12.6 Å². The van der Waals surface area contributed by atoms with E-state index in [4.69, 9.17) is 18.6 Å². The van der Waals surface area contributed by atoms with Crippen LogP contribution in [0.1, 0.15) is 36.3 Å². The molecule has 1 amide bonds. The molecule has 1 aromatic heterocycles. The van der Waals surface area contributed by atoms with Crippen molar-refractivity contribution in [1.29, 1.82) is 0 Å². The van der Waals surface area contributed by atoms with E-state index in [2.05, 4.69) is 6.58 Å². The van der Waals surface area contributed by atoms with Crippen molar-refractivity contribution < 1.29 is 33.3 Å². The van der Waals surface area contributed by atoms with Gasteiger partial charge in [-0.05, 0) is 30.2 Å². The third-order valence-electron chi connectivity index (χ3n) is 5.91. The Kier molecular flexibility index (Phi) is 9.13. The monoisotopic (exact) mass is 500 g/mol. The summed E-state index contributed by atoms with van der Waals surface area (Å²) in [6.07, 6.45) is 0.639. The minimum atomic E-state index is -0.818. The number of hydrogen-bond donors (Lipinski definition) is 1. The molecule has 1 saturated heterocycles. The highest BCUT2D eigenvalue weighted by molar-refractivity contribution is 5.71. The highest BCUT2D eigenvalue weighted by atomic mass is 16.5. The molecule has 1 aromatic carbocycles. The Morgan fingerprint density at radius 3 is 2.53 bits per heavy atom. The number of piperazine rings is 1. The van der Waals surface area contributed by atoms with Crippen molar-refractivity contribution in [2.45, 2.75) is 25.8 Å². The molecule has 194 valence electrons. The van der Waals surface area contributed by atoms with Gasteiger partial charge >= 0.3 is 5.97 Å². The van der Waals surface area contributed by atoms with E-state index in [1.54, 1.807) is 23.1 Å². The summed E-state index contributed by atoms with van der Waals surface area (Å²) < 4.78 is 22.1. The van der Waals surface area contributed by atoms with Crippen LogP contribution in [0.5, 0.6) is 17.2 Å². The van der Waals surface area contributed by atoms with E-state index >= 15 is 0 Å². The summed E-state index contributed by atoms with van der Waals surface area (Å²) >= 11 is 0. The smallest absolute Gasteiger partial charge is 0.306 e. The van der Waals surface area contributed by atoms with Crippen molar-refractivity contribution in [3.8, 4) is 17.2 Å². The Labute approximate surface area is 209 Å². The summed E-state index contributed by atoms with van der Waals surface area (Å²) in [6, 6.07) is 6.32. The SMILES string of the molecule is C=C(C)COc1ccc([C@@H](CC(=O)OC)c2oc(CN3CCN(C=O)CC3)cc(=O)c2O)cc1OC. The Hall–Kier alpha value is -3.79. The molecular formula is C26H32N2O8. The normalized spacial score (nSPS) is 14.7. The fourth-order valence-corrected chi connectivity index (χ4v) is 3.95. The number of hydrogen-bond acceptors (Lipinski definition) is 9. The number of carbonyl (C=O) groups excluding carboxylic acids is 2. The number of methoxy groups -OCH3 is 2. The first-order valence-electron chi connectivity index (χ1n) is 11.5. The zero-order valence-corrected chi connectivity index (χ0v) is 20.8. The fraction of sp³-hybridized carbons (Fsp3) is 0.423. The number of esters is 1. The predicted molar refractivity (Wildman–Crippen MR) is 131 cm³/mol. The summed E-state index contributed by atoms with van der Waals surface area (Å²) in [5.41, 5.74) is 0.789. The molecule has 1 atom stereocenters. The average Bonchev–Trinajstić information content (AvgIpc) is 2.88. The second kappa shape index (κ2) is 12.3. The molecule has 0 radical (unpaired) electrons. The highest BCUT2D eigenvalue weighted by Gasteiger charge is 2.28. The van der Waals surface area contributed by atoms with Crippen LogP contribution in [0.2, 0.25) is 0 Å². The van der Waals surface area contributed by atoms with Gasteiger partial charge in [0.1, 0.15) is 12.4 Å². The van der Waals surface area contributed by atoms with Gasteiger partial charge < -0.3 is 28.6 Å². The van der Waals surface area contributed by atoms with Crippen molar-refractivity contribution in [3.63, 3.8) is 0 Å². The van der Waals surface area contributed by atoms with Crippen LogP contribution in [0.25, 0.3) is 0 Å². The largest absolute Gasteiger partial charge is 0.502 e. The number of carbonyl (C=O) groups is 2. The minimum Gasteiger partial charge on any atom is -0.502 e. The van der Waals surface area contributed by atoms with Crippen molar-refractivity contribution in [2.24, 2.45) is 0 Å². The van der Waals surface area contributed by atoms with Crippen LogP contribution in [-0.4, -0.2) is 74.3 Å². The van der Waals surface area contributed by atoms with Crippen molar-refractivity contribution >= 4 is 12.4 Å². The molecule has 0 saturated carbocycles. The molecule has 1 aliphatic heterocycles. The van der Waals surface area contributed by atoms with Crippen LogP contribution in [0.4, 0.5) is 0 Å². The zero-order chi connectivity index (χ0) is 26.2. The van der Waals surface area contributed by atoms with Gasteiger partial charge in [0.15, 0.2) is 17.3 Å². The molecule has 2 heterocycles. The second-order valence-corrected chi connectivity index (χ2v) is 8.70. The maximum Gasteiger partial charge on any atom is 0.306 e. The Morgan fingerprint density at radius 1 is 1.19 bits per heavy atom. The first-order chi connectivity index (χ1) is 17.2. The summed E-state index contributed by atoms with van der Waals surface area (Å²) in [6.45, 7) is 8.67. The summed E-state index contributed by atoms with van der Waals surface area (Å²) in [5, 5.41) is 10.7. The van der Waals surface area contributed by atoms with Crippen LogP contribution < -0.4 is 14.9 Å². The van der Waals surface area contributed by atoms with Gasteiger partial charge in [0.05, 0.1) is 33.1 Å². The number of benzene rings is 1. The molecule has 1 fully saturated rings. The zero-order valence-electron chi connectivity index (χ0n) is 20.8. The minimum absolute atomic E-state index is 0.0351. The van der Waals surface area contributed by atoms with Crippen LogP contribution in [0.3, 0.4) is 0 Å². The van der Waals surface area contributed by atoms with E-state index in [0.29, 0.717) is 62.2 Å². The number of amides is 1. The van der Waals surface area contributed by atoms with Gasteiger partial charge in [0.25, 0.3) is 0 Å². The van der Waals surface area contributed by atoms with Crippen molar-refractivity contribution in [3.05, 3.63) is 63.7 Å². The molecule has 1 aliphatic rings. The maximum atomic E-state index is 12.7. The molecule has 2 aromatic rings. The topological polar surface area (TPSA) is 119 Å². The van der Waals surface area contributed by atoms with E-state index < -0.39 is 23.1 Å². The molecule has 10 nitrogen and oxygen atoms in total. The molecule has 0 spiro atoms. The predicted octanol–water partition coefficient (Wildman–Crippen LogP) is 2.28. The first kappa shape index (κ1) is 26.8. The number of aromatic hydroxyl groups is 1. The van der Waals surface area contributed by atoms with Crippen molar-refractivity contribution in [1.82, 2.24) is 9.80 Å². The number of ether oxygens (including phenoxy) is 3. The average molecular weight is 501 g/mol. The molecule has 1 N–H and O–H groups in total. The Balaban J connectivity index is 1.97. The van der Waals surface area contributed by atoms with Gasteiger partial charge in [-0.2, -0.15) is 0 Å². The lowest BCUT2D eigenvalue weighted by Crippen LogP contribution is -2.45. The van der Waals surface area contributed by atoms with Crippen LogP contribution in [0, 0.1) is 0 Å². The van der Waals surface area contributed by atoms with E-state index in [9.17, 15) is 19.5 Å². The van der Waals surface area contributed by atoms with E-state index in [1.165, 1.54) is 20.3 Å². The quantitative estimate of drug-likeness (QED) is 0.282. The Bertz CT molecular complexity index is 1150. The third kappa shape index (κ3) is 6.66. The van der Waals surface area contributed by atoms with Crippen LogP contribution >= 0.6 is 0 Å². The molecular weight excluding hydrogens is 468 g/mol.